The van der Waals surface area contributed by atoms with Crippen LogP contribution in [0, 0.1) is 18.8 Å². The summed E-state index contributed by atoms with van der Waals surface area (Å²) in [6.07, 6.45) is 0.433. The van der Waals surface area contributed by atoms with Crippen molar-refractivity contribution in [2.24, 2.45) is 0 Å². The third-order valence-corrected chi connectivity index (χ3v) is 3.18. The number of hydrogen-bond donors (Lipinski definition) is 1. The minimum absolute atomic E-state index is 0.00642. The van der Waals surface area contributed by atoms with E-state index >= 15 is 0 Å². The zero-order valence-electron chi connectivity index (χ0n) is 13.1. The number of rotatable bonds is 5. The number of methoxy groups -OCH3 is 1. The molecule has 0 heterocycles. The smallest absolute Gasteiger partial charge is 0.253 e. The number of carbonyl (C=O) groups is 1. The Morgan fingerprint density at radius 1 is 1.43 bits per heavy atom. The summed E-state index contributed by atoms with van der Waals surface area (Å²) in [5.41, 5.74) is 2.40. The van der Waals surface area contributed by atoms with E-state index in [0.717, 1.165) is 11.1 Å². The van der Waals surface area contributed by atoms with Crippen molar-refractivity contribution >= 4 is 5.91 Å². The SMILES string of the molecule is COCC(C)N(C)C(=O)c1cc(C)cc(C#CCCO)c1. The van der Waals surface area contributed by atoms with Crippen molar-refractivity contribution in [3.8, 4) is 11.8 Å². The van der Waals surface area contributed by atoms with Gasteiger partial charge in [-0.25, -0.2) is 0 Å². The topological polar surface area (TPSA) is 49.8 Å². The minimum atomic E-state index is -0.0477. The molecule has 1 aromatic rings. The predicted molar refractivity (Wildman–Crippen MR) is 83.2 cm³/mol. The summed E-state index contributed by atoms with van der Waals surface area (Å²) in [5.74, 6) is 5.79. The van der Waals surface area contributed by atoms with Gasteiger partial charge in [0.2, 0.25) is 0 Å². The molecule has 114 valence electrons. The van der Waals surface area contributed by atoms with Gasteiger partial charge in [0.25, 0.3) is 5.91 Å². The fraction of sp³-hybridized carbons (Fsp3) is 0.471. The lowest BCUT2D eigenvalue weighted by Gasteiger charge is -2.24. The fourth-order valence-corrected chi connectivity index (χ4v) is 1.96. The lowest BCUT2D eigenvalue weighted by atomic mass is 10.1. The van der Waals surface area contributed by atoms with Gasteiger partial charge in [-0.3, -0.25) is 4.79 Å². The molecule has 0 aliphatic rings. The average Bonchev–Trinajstić information content (AvgIpc) is 2.45. The number of aliphatic hydroxyl groups excluding tert-OH is 1. The lowest BCUT2D eigenvalue weighted by molar-refractivity contribution is 0.0633. The number of likely N-dealkylation sites (N-methyl/N-ethyl adjacent to an activating group) is 1. The molecule has 0 spiro atoms. The maximum Gasteiger partial charge on any atom is 0.253 e. The van der Waals surface area contributed by atoms with E-state index in [1.807, 2.05) is 26.0 Å². The molecule has 1 unspecified atom stereocenters. The molecule has 4 heteroatoms. The van der Waals surface area contributed by atoms with E-state index in [9.17, 15) is 4.79 Å². The Labute approximate surface area is 126 Å². The molecule has 0 saturated heterocycles. The van der Waals surface area contributed by atoms with Crippen LogP contribution in [0.25, 0.3) is 0 Å². The Hall–Kier alpha value is -1.83. The number of aryl methyl sites for hydroxylation is 1. The quantitative estimate of drug-likeness (QED) is 0.841. The second-order valence-electron chi connectivity index (χ2n) is 5.08. The van der Waals surface area contributed by atoms with Gasteiger partial charge in [0.15, 0.2) is 0 Å². The van der Waals surface area contributed by atoms with Crippen LogP contribution < -0.4 is 0 Å². The van der Waals surface area contributed by atoms with Crippen LogP contribution in [0.2, 0.25) is 0 Å². The summed E-state index contributed by atoms with van der Waals surface area (Å²) in [4.78, 5) is 14.1. The maximum atomic E-state index is 12.5. The van der Waals surface area contributed by atoms with E-state index in [-0.39, 0.29) is 18.6 Å². The van der Waals surface area contributed by atoms with Gasteiger partial charge in [-0.2, -0.15) is 0 Å². The third kappa shape index (κ3) is 5.22. The molecule has 1 atom stereocenters. The molecule has 1 rings (SSSR count). The van der Waals surface area contributed by atoms with Gasteiger partial charge in [0, 0.05) is 31.7 Å². The average molecular weight is 289 g/mol. The molecule has 21 heavy (non-hydrogen) atoms. The van der Waals surface area contributed by atoms with Gasteiger partial charge in [-0.1, -0.05) is 11.8 Å². The number of benzene rings is 1. The molecular formula is C17H23NO3. The van der Waals surface area contributed by atoms with Crippen LogP contribution >= 0.6 is 0 Å². The molecule has 0 saturated carbocycles. The lowest BCUT2D eigenvalue weighted by Crippen LogP contribution is -2.37. The fourth-order valence-electron chi connectivity index (χ4n) is 1.96. The molecule has 1 N–H and O–H groups in total. The number of hydrogen-bond acceptors (Lipinski definition) is 3. The van der Waals surface area contributed by atoms with E-state index in [4.69, 9.17) is 9.84 Å². The van der Waals surface area contributed by atoms with Crippen LogP contribution in [0.3, 0.4) is 0 Å². The first-order chi connectivity index (χ1) is 9.99. The standard InChI is InChI=1S/C17H23NO3/c1-13-9-15(7-5-6-8-19)11-16(10-13)17(20)18(3)14(2)12-21-4/h9-11,14,19H,6,8,12H2,1-4H3. The second kappa shape index (κ2) is 8.46. The summed E-state index contributed by atoms with van der Waals surface area (Å²) in [6.45, 7) is 4.42. The van der Waals surface area contributed by atoms with Crippen LogP contribution in [0.1, 0.15) is 34.8 Å². The van der Waals surface area contributed by atoms with Crippen molar-refractivity contribution in [1.29, 1.82) is 0 Å². The second-order valence-corrected chi connectivity index (χ2v) is 5.08. The summed E-state index contributed by atoms with van der Waals surface area (Å²) in [7, 11) is 3.39. The molecule has 0 aliphatic carbocycles. The van der Waals surface area contributed by atoms with Crippen molar-refractivity contribution in [1.82, 2.24) is 4.90 Å². The molecule has 0 radical (unpaired) electrons. The Bertz CT molecular complexity index is 543. The molecule has 0 fully saturated rings. The normalized spacial score (nSPS) is 11.5. The van der Waals surface area contributed by atoms with E-state index in [0.29, 0.717) is 18.6 Å². The number of ether oxygens (including phenoxy) is 1. The zero-order valence-corrected chi connectivity index (χ0v) is 13.1. The molecule has 0 bridgehead atoms. The Balaban J connectivity index is 2.97. The van der Waals surface area contributed by atoms with E-state index in [2.05, 4.69) is 11.8 Å². The highest BCUT2D eigenvalue weighted by atomic mass is 16.5. The van der Waals surface area contributed by atoms with E-state index in [1.165, 1.54) is 0 Å². The highest BCUT2D eigenvalue weighted by molar-refractivity contribution is 5.94. The van der Waals surface area contributed by atoms with Gasteiger partial charge in [0.05, 0.1) is 19.3 Å². The first-order valence-corrected chi connectivity index (χ1v) is 6.97. The number of amides is 1. The molecule has 0 aromatic heterocycles. The summed E-state index contributed by atoms with van der Waals surface area (Å²) >= 11 is 0. The maximum absolute atomic E-state index is 12.5. The van der Waals surface area contributed by atoms with Crippen molar-refractivity contribution in [3.63, 3.8) is 0 Å². The number of carbonyl (C=O) groups excluding carboxylic acids is 1. The predicted octanol–water partition coefficient (Wildman–Crippen LogP) is 1.84. The third-order valence-electron chi connectivity index (χ3n) is 3.18. The highest BCUT2D eigenvalue weighted by Crippen LogP contribution is 2.12. The summed E-state index contributed by atoms with van der Waals surface area (Å²) in [6, 6.07) is 5.58. The van der Waals surface area contributed by atoms with Crippen molar-refractivity contribution in [3.05, 3.63) is 34.9 Å². The molecule has 1 aromatic carbocycles. The van der Waals surface area contributed by atoms with Crippen molar-refractivity contribution < 1.29 is 14.6 Å². The van der Waals surface area contributed by atoms with Gasteiger partial charge >= 0.3 is 0 Å². The van der Waals surface area contributed by atoms with Gasteiger partial charge in [-0.05, 0) is 37.6 Å². The highest BCUT2D eigenvalue weighted by Gasteiger charge is 2.17. The Kier molecular flexibility index (Phi) is 6.93. The van der Waals surface area contributed by atoms with Crippen LogP contribution in [0.5, 0.6) is 0 Å². The van der Waals surface area contributed by atoms with Gasteiger partial charge in [-0.15, -0.1) is 0 Å². The van der Waals surface area contributed by atoms with Crippen molar-refractivity contribution in [2.75, 3.05) is 27.4 Å². The summed E-state index contributed by atoms with van der Waals surface area (Å²) < 4.78 is 5.08. The minimum Gasteiger partial charge on any atom is -0.395 e. The van der Waals surface area contributed by atoms with Crippen LogP contribution in [0.15, 0.2) is 18.2 Å². The van der Waals surface area contributed by atoms with Gasteiger partial charge < -0.3 is 14.7 Å². The largest absolute Gasteiger partial charge is 0.395 e. The van der Waals surface area contributed by atoms with Crippen LogP contribution in [0.4, 0.5) is 0 Å². The molecule has 4 nitrogen and oxygen atoms in total. The molecule has 1 amide bonds. The number of nitrogens with zero attached hydrogens (tertiary/aromatic N) is 1. The van der Waals surface area contributed by atoms with Crippen molar-refractivity contribution in [2.45, 2.75) is 26.3 Å². The van der Waals surface area contributed by atoms with E-state index < -0.39 is 0 Å². The Morgan fingerprint density at radius 2 is 2.14 bits per heavy atom. The molecule has 0 aliphatic heterocycles. The first-order valence-electron chi connectivity index (χ1n) is 6.97. The molecular weight excluding hydrogens is 266 g/mol. The van der Waals surface area contributed by atoms with Crippen LogP contribution in [-0.2, 0) is 4.74 Å². The van der Waals surface area contributed by atoms with E-state index in [1.54, 1.807) is 25.1 Å². The monoisotopic (exact) mass is 289 g/mol. The Morgan fingerprint density at radius 3 is 2.76 bits per heavy atom. The van der Waals surface area contributed by atoms with Gasteiger partial charge in [0.1, 0.15) is 0 Å². The van der Waals surface area contributed by atoms with Crippen LogP contribution in [-0.4, -0.2) is 49.3 Å². The first kappa shape index (κ1) is 17.2. The summed E-state index contributed by atoms with van der Waals surface area (Å²) in [5, 5.41) is 8.75. The number of aliphatic hydroxyl groups is 1. The zero-order chi connectivity index (χ0) is 15.8.